The molecule has 0 aliphatic carbocycles. The molecule has 3 aromatic rings. The number of benzene rings is 2. The Morgan fingerprint density at radius 1 is 1.15 bits per heavy atom. The van der Waals surface area contributed by atoms with Crippen molar-refractivity contribution in [3.8, 4) is 17.4 Å². The number of nitrogens with zero attached hydrogens (tertiary/aromatic N) is 1. The van der Waals surface area contributed by atoms with E-state index >= 15 is 0 Å². The van der Waals surface area contributed by atoms with Gasteiger partial charge in [0.2, 0.25) is 5.88 Å². The summed E-state index contributed by atoms with van der Waals surface area (Å²) >= 11 is 0. The van der Waals surface area contributed by atoms with Crippen molar-refractivity contribution < 1.29 is 14.8 Å². The molecule has 0 saturated carbocycles. The fourth-order valence-electron chi connectivity index (χ4n) is 3.43. The minimum Gasteiger partial charge on any atom is -0.508 e. The van der Waals surface area contributed by atoms with Crippen molar-refractivity contribution in [2.45, 2.75) is 12.8 Å². The van der Waals surface area contributed by atoms with Crippen LogP contribution in [-0.4, -0.2) is 20.0 Å². The van der Waals surface area contributed by atoms with Crippen LogP contribution in [-0.2, 0) is 0 Å². The predicted octanol–water partition coefficient (Wildman–Crippen LogP) is 2.27. The van der Waals surface area contributed by atoms with Crippen molar-refractivity contribution >= 4 is 5.69 Å². The van der Waals surface area contributed by atoms with E-state index in [1.807, 2.05) is 0 Å². The Morgan fingerprint density at radius 2 is 1.93 bits per heavy atom. The number of aryl methyl sites for hydroxylation is 1. The molecule has 0 radical (unpaired) electrons. The van der Waals surface area contributed by atoms with Gasteiger partial charge < -0.3 is 9.84 Å². The van der Waals surface area contributed by atoms with Gasteiger partial charge in [0.25, 0.3) is 11.2 Å². The van der Waals surface area contributed by atoms with Crippen LogP contribution in [0.25, 0.3) is 0 Å². The Bertz CT molecular complexity index is 1210. The number of hydrogen-bond donors (Lipinski definition) is 3. The molecule has 1 atom stereocenters. The third-order valence-corrected chi connectivity index (χ3v) is 4.48. The molecule has 2 aromatic carbocycles. The van der Waals surface area contributed by atoms with Gasteiger partial charge in [-0.3, -0.25) is 24.9 Å². The van der Waals surface area contributed by atoms with Crippen LogP contribution in [0.15, 0.2) is 46.0 Å². The van der Waals surface area contributed by atoms with Gasteiger partial charge >= 0.3 is 5.69 Å². The van der Waals surface area contributed by atoms with Gasteiger partial charge in [-0.25, -0.2) is 4.79 Å². The highest BCUT2D eigenvalue weighted by molar-refractivity contribution is 5.60. The molecule has 4 rings (SSSR count). The van der Waals surface area contributed by atoms with Gasteiger partial charge in [0.05, 0.1) is 10.5 Å². The van der Waals surface area contributed by atoms with E-state index in [0.717, 1.165) is 0 Å². The number of nitro groups is 1. The lowest BCUT2D eigenvalue weighted by atomic mass is 9.81. The number of aromatic hydroxyl groups is 1. The average molecular weight is 367 g/mol. The molecule has 0 spiro atoms. The molecule has 1 aliphatic rings. The lowest BCUT2D eigenvalue weighted by Crippen LogP contribution is -2.30. The van der Waals surface area contributed by atoms with E-state index in [2.05, 4.69) is 9.97 Å². The summed E-state index contributed by atoms with van der Waals surface area (Å²) in [5, 5.41) is 21.1. The normalized spacial score (nSPS) is 14.8. The number of nitro benzene ring substituents is 1. The zero-order chi connectivity index (χ0) is 19.3. The second kappa shape index (κ2) is 5.84. The molecular weight excluding hydrogens is 354 g/mol. The van der Waals surface area contributed by atoms with Crippen LogP contribution >= 0.6 is 0 Å². The van der Waals surface area contributed by atoms with Crippen molar-refractivity contribution in [3.63, 3.8) is 0 Å². The van der Waals surface area contributed by atoms with Crippen LogP contribution < -0.4 is 16.0 Å². The molecule has 9 heteroatoms. The van der Waals surface area contributed by atoms with Crippen LogP contribution in [0.5, 0.6) is 17.4 Å². The molecule has 0 amide bonds. The summed E-state index contributed by atoms with van der Waals surface area (Å²) in [7, 11) is 0. The predicted molar refractivity (Wildman–Crippen MR) is 94.6 cm³/mol. The highest BCUT2D eigenvalue weighted by Crippen LogP contribution is 2.47. The van der Waals surface area contributed by atoms with Crippen LogP contribution in [0.4, 0.5) is 5.69 Å². The van der Waals surface area contributed by atoms with E-state index in [-0.39, 0.29) is 28.6 Å². The zero-order valence-electron chi connectivity index (χ0n) is 14.0. The van der Waals surface area contributed by atoms with Gasteiger partial charge in [-0.1, -0.05) is 12.1 Å². The number of ether oxygens (including phenoxy) is 1. The van der Waals surface area contributed by atoms with Gasteiger partial charge in [0.1, 0.15) is 11.5 Å². The number of nitrogens with one attached hydrogen (secondary N) is 2. The SMILES string of the molecule is Cc1cc(O)cc2c1C(c1cccc([N+](=O)[O-])c1)c1c([nH]c(=O)[nH]c1=O)O2. The van der Waals surface area contributed by atoms with E-state index in [4.69, 9.17) is 4.74 Å². The first kappa shape index (κ1) is 16.6. The fraction of sp³-hybridized carbons (Fsp3) is 0.111. The summed E-state index contributed by atoms with van der Waals surface area (Å²) in [5.74, 6) is -0.556. The van der Waals surface area contributed by atoms with Crippen molar-refractivity contribution in [2.75, 3.05) is 0 Å². The summed E-state index contributed by atoms with van der Waals surface area (Å²) in [6, 6.07) is 8.80. The van der Waals surface area contributed by atoms with E-state index in [1.165, 1.54) is 30.3 Å². The largest absolute Gasteiger partial charge is 0.508 e. The summed E-state index contributed by atoms with van der Waals surface area (Å²) in [6.07, 6.45) is 0. The molecule has 1 unspecified atom stereocenters. The number of aromatic amines is 2. The highest BCUT2D eigenvalue weighted by Gasteiger charge is 2.34. The number of non-ortho nitro benzene ring substituents is 1. The highest BCUT2D eigenvalue weighted by atomic mass is 16.6. The van der Waals surface area contributed by atoms with Crippen molar-refractivity contribution in [3.05, 3.63) is 89.6 Å². The molecule has 2 heterocycles. The summed E-state index contributed by atoms with van der Waals surface area (Å²) < 4.78 is 5.66. The molecule has 136 valence electrons. The van der Waals surface area contributed by atoms with Gasteiger partial charge in [-0.15, -0.1) is 0 Å². The molecular formula is C18H13N3O6. The van der Waals surface area contributed by atoms with E-state index in [1.54, 1.807) is 13.0 Å². The van der Waals surface area contributed by atoms with Crippen molar-refractivity contribution in [2.24, 2.45) is 0 Å². The number of rotatable bonds is 2. The van der Waals surface area contributed by atoms with Gasteiger partial charge in [-0.2, -0.15) is 0 Å². The molecule has 9 nitrogen and oxygen atoms in total. The van der Waals surface area contributed by atoms with Crippen LogP contribution in [0.1, 0.15) is 28.2 Å². The monoisotopic (exact) mass is 367 g/mol. The minimum atomic E-state index is -0.739. The molecule has 1 aromatic heterocycles. The standard InChI is InChI=1S/C18H13N3O6/c1-8-5-11(22)7-12-13(8)14(9-3-2-4-10(6-9)21(25)26)15-16(23)19-18(24)20-17(15)27-12/h2-7,14,22H,1H3,(H2,19,20,23,24). The van der Waals surface area contributed by atoms with E-state index < -0.39 is 22.1 Å². The first-order chi connectivity index (χ1) is 12.8. The lowest BCUT2D eigenvalue weighted by Gasteiger charge is -2.28. The molecule has 0 saturated heterocycles. The van der Waals surface area contributed by atoms with Gasteiger partial charge in [0, 0.05) is 29.7 Å². The second-order valence-corrected chi connectivity index (χ2v) is 6.21. The first-order valence-electron chi connectivity index (χ1n) is 7.97. The summed E-state index contributed by atoms with van der Waals surface area (Å²) in [4.78, 5) is 39.5. The quantitative estimate of drug-likeness (QED) is 0.367. The lowest BCUT2D eigenvalue weighted by molar-refractivity contribution is -0.384. The number of H-pyrrole nitrogens is 2. The van der Waals surface area contributed by atoms with E-state index in [9.17, 15) is 24.8 Å². The second-order valence-electron chi connectivity index (χ2n) is 6.21. The zero-order valence-corrected chi connectivity index (χ0v) is 14.0. The Kier molecular flexibility index (Phi) is 3.58. The number of phenolic OH excluding ortho intramolecular Hbond substituents is 1. The van der Waals surface area contributed by atoms with Gasteiger partial charge in [-0.05, 0) is 24.1 Å². The number of aromatic nitrogens is 2. The Labute approximate surface area is 151 Å². The minimum absolute atomic E-state index is 0.0420. The average Bonchev–Trinajstić information content (AvgIpc) is 2.59. The fourth-order valence-corrected chi connectivity index (χ4v) is 3.43. The Balaban J connectivity index is 2.07. The topological polar surface area (TPSA) is 138 Å². The Morgan fingerprint density at radius 3 is 2.67 bits per heavy atom. The van der Waals surface area contributed by atoms with Crippen molar-refractivity contribution in [1.29, 1.82) is 0 Å². The maximum atomic E-state index is 12.5. The molecule has 27 heavy (non-hydrogen) atoms. The Hall–Kier alpha value is -3.88. The number of hydrogen-bond acceptors (Lipinski definition) is 6. The van der Waals surface area contributed by atoms with Gasteiger partial charge in [0.15, 0.2) is 0 Å². The third kappa shape index (κ3) is 2.65. The number of phenols is 1. The number of fused-ring (bicyclic) bond motifs is 2. The molecule has 1 aliphatic heterocycles. The van der Waals surface area contributed by atoms with E-state index in [0.29, 0.717) is 16.7 Å². The third-order valence-electron chi connectivity index (χ3n) is 4.48. The maximum absolute atomic E-state index is 12.5. The first-order valence-corrected chi connectivity index (χ1v) is 7.97. The molecule has 0 fully saturated rings. The maximum Gasteiger partial charge on any atom is 0.328 e. The van der Waals surface area contributed by atoms with Crippen LogP contribution in [0.3, 0.4) is 0 Å². The summed E-state index contributed by atoms with van der Waals surface area (Å²) in [6.45, 7) is 1.73. The van der Waals surface area contributed by atoms with Crippen LogP contribution in [0.2, 0.25) is 0 Å². The van der Waals surface area contributed by atoms with Crippen molar-refractivity contribution in [1.82, 2.24) is 9.97 Å². The smallest absolute Gasteiger partial charge is 0.328 e. The molecule has 3 N–H and O–H groups in total. The summed E-state index contributed by atoms with van der Waals surface area (Å²) in [5.41, 5.74) is 0.327. The van der Waals surface area contributed by atoms with Crippen LogP contribution in [0, 0.1) is 17.0 Å². The molecule has 0 bridgehead atoms.